The number of hydrogen-bond donors (Lipinski definition) is 1. The summed E-state index contributed by atoms with van der Waals surface area (Å²) in [6.07, 6.45) is -0.646. The molecule has 0 aromatic rings. The van der Waals surface area contributed by atoms with Gasteiger partial charge in [-0.15, -0.1) is 0 Å². The Balaban J connectivity index is 2.69. The lowest BCUT2D eigenvalue weighted by Crippen LogP contribution is -2.30. The van der Waals surface area contributed by atoms with Crippen LogP contribution in [-0.2, 0) is 13.1 Å². The van der Waals surface area contributed by atoms with Crippen molar-refractivity contribution in [3.05, 3.63) is 0 Å². The average molecular weight is 197 g/mol. The summed E-state index contributed by atoms with van der Waals surface area (Å²) in [6.45, 7) is 0.543. The van der Waals surface area contributed by atoms with Crippen LogP contribution < -0.4 is 0 Å². The van der Waals surface area contributed by atoms with Gasteiger partial charge >= 0.3 is 6.09 Å². The zero-order valence-electron chi connectivity index (χ0n) is 6.85. The highest BCUT2D eigenvalue weighted by Gasteiger charge is 2.40. The molecule has 72 valence electrons. The summed E-state index contributed by atoms with van der Waals surface area (Å²) in [4.78, 5) is 11.0. The van der Waals surface area contributed by atoms with E-state index in [-0.39, 0.29) is 13.2 Å². The molecular weight excluding hydrogens is 186 g/mol. The summed E-state index contributed by atoms with van der Waals surface area (Å²) in [7, 11) is 2.51. The number of nitrogens with zero attached hydrogens (tertiary/aromatic N) is 1. The van der Waals surface area contributed by atoms with Crippen LogP contribution in [0, 0.1) is 0 Å². The lowest BCUT2D eigenvalue weighted by atomic mass is 10.7. The SMILES string of the molecule is COC(=O)N1CCOS1(O)OC. The van der Waals surface area contributed by atoms with Crippen molar-refractivity contribution < 1.29 is 22.5 Å². The van der Waals surface area contributed by atoms with E-state index in [2.05, 4.69) is 8.92 Å². The third kappa shape index (κ3) is 1.48. The van der Waals surface area contributed by atoms with Gasteiger partial charge in [-0.2, -0.15) is 0 Å². The van der Waals surface area contributed by atoms with E-state index in [0.717, 1.165) is 4.31 Å². The monoisotopic (exact) mass is 197 g/mol. The Morgan fingerprint density at radius 2 is 2.33 bits per heavy atom. The molecule has 1 saturated heterocycles. The molecule has 0 radical (unpaired) electrons. The predicted octanol–water partition coefficient (Wildman–Crippen LogP) is 0.754. The topological polar surface area (TPSA) is 68.2 Å². The van der Waals surface area contributed by atoms with Gasteiger partial charge in [0.05, 0.1) is 27.4 Å². The first-order chi connectivity index (χ1) is 5.64. The normalized spacial score (nSPS) is 34.4. The van der Waals surface area contributed by atoms with Crippen LogP contribution in [0.1, 0.15) is 0 Å². The molecule has 0 aromatic heterocycles. The Morgan fingerprint density at radius 3 is 2.83 bits per heavy atom. The molecule has 1 N–H and O–H groups in total. The van der Waals surface area contributed by atoms with E-state index >= 15 is 0 Å². The molecule has 1 fully saturated rings. The number of carbonyl (C=O) groups is 1. The van der Waals surface area contributed by atoms with Crippen molar-refractivity contribution in [2.45, 2.75) is 0 Å². The lowest BCUT2D eigenvalue weighted by molar-refractivity contribution is 0.147. The van der Waals surface area contributed by atoms with E-state index in [1.165, 1.54) is 14.2 Å². The van der Waals surface area contributed by atoms with Gasteiger partial charge in [0.2, 0.25) is 0 Å². The highest BCUT2D eigenvalue weighted by molar-refractivity contribution is 8.19. The molecule has 1 rings (SSSR count). The summed E-state index contributed by atoms with van der Waals surface area (Å²) >= 11 is -2.84. The number of rotatable bonds is 1. The first kappa shape index (κ1) is 9.59. The maximum atomic E-state index is 11.0. The van der Waals surface area contributed by atoms with Crippen LogP contribution in [0.15, 0.2) is 0 Å². The van der Waals surface area contributed by atoms with Crippen LogP contribution in [-0.4, -0.2) is 42.3 Å². The standard InChI is InChI=1S/C5H11NO5S/c1-9-5(7)6-3-4-11-12(6,8)10-2/h8H,3-4H2,1-2H3. The van der Waals surface area contributed by atoms with Gasteiger partial charge < -0.3 is 4.74 Å². The van der Waals surface area contributed by atoms with Crippen molar-refractivity contribution in [1.82, 2.24) is 4.31 Å². The third-order valence-electron chi connectivity index (χ3n) is 1.41. The van der Waals surface area contributed by atoms with E-state index in [9.17, 15) is 9.35 Å². The molecule has 0 aliphatic carbocycles. The summed E-state index contributed by atoms with van der Waals surface area (Å²) in [5.41, 5.74) is 0. The van der Waals surface area contributed by atoms with Crippen molar-refractivity contribution in [1.29, 1.82) is 0 Å². The van der Waals surface area contributed by atoms with Gasteiger partial charge in [0.1, 0.15) is 0 Å². The second kappa shape index (κ2) is 3.48. The fourth-order valence-electron chi connectivity index (χ4n) is 0.833. The zero-order valence-corrected chi connectivity index (χ0v) is 7.67. The van der Waals surface area contributed by atoms with Crippen LogP contribution in [0.5, 0.6) is 0 Å². The largest absolute Gasteiger partial charge is 0.452 e. The van der Waals surface area contributed by atoms with Gasteiger partial charge in [-0.05, 0) is 0 Å². The molecule has 1 unspecified atom stereocenters. The van der Waals surface area contributed by atoms with Gasteiger partial charge in [-0.1, -0.05) is 0 Å². The van der Waals surface area contributed by atoms with Crippen molar-refractivity contribution in [2.24, 2.45) is 0 Å². The Morgan fingerprint density at radius 1 is 1.67 bits per heavy atom. The van der Waals surface area contributed by atoms with E-state index in [4.69, 9.17) is 4.18 Å². The number of methoxy groups -OCH3 is 1. The first-order valence-electron chi connectivity index (χ1n) is 3.25. The van der Waals surface area contributed by atoms with E-state index in [1.54, 1.807) is 0 Å². The van der Waals surface area contributed by atoms with Gasteiger partial charge in [0, 0.05) is 0 Å². The maximum absolute atomic E-state index is 11.0. The minimum absolute atomic E-state index is 0.259. The Kier molecular flexibility index (Phi) is 2.78. The van der Waals surface area contributed by atoms with Crippen molar-refractivity contribution in [2.75, 3.05) is 27.4 Å². The zero-order chi connectivity index (χ0) is 9.19. The molecule has 1 amide bonds. The van der Waals surface area contributed by atoms with E-state index in [1.807, 2.05) is 0 Å². The van der Waals surface area contributed by atoms with E-state index < -0.39 is 17.1 Å². The lowest BCUT2D eigenvalue weighted by Gasteiger charge is -2.31. The quantitative estimate of drug-likeness (QED) is 0.672. The fourth-order valence-corrected chi connectivity index (χ4v) is 2.10. The molecule has 0 spiro atoms. The first-order valence-corrected chi connectivity index (χ1v) is 4.65. The second-order valence-electron chi connectivity index (χ2n) is 2.01. The molecule has 0 aromatic carbocycles. The van der Waals surface area contributed by atoms with Gasteiger partial charge in [0.15, 0.2) is 11.1 Å². The van der Waals surface area contributed by atoms with Crippen LogP contribution in [0.3, 0.4) is 0 Å². The number of ether oxygens (including phenoxy) is 1. The Labute approximate surface area is 72.1 Å². The summed E-state index contributed by atoms with van der Waals surface area (Å²) < 4.78 is 24.5. The highest BCUT2D eigenvalue weighted by atomic mass is 32.3. The molecule has 0 saturated carbocycles. The molecule has 0 bridgehead atoms. The van der Waals surface area contributed by atoms with Gasteiger partial charge in [-0.3, -0.25) is 12.9 Å². The number of carbonyl (C=O) groups excluding carboxylic acids is 1. The van der Waals surface area contributed by atoms with Crippen LogP contribution in [0.25, 0.3) is 0 Å². The molecule has 1 aliphatic heterocycles. The smallest absolute Gasteiger partial charge is 0.423 e. The average Bonchev–Trinajstić information content (AvgIpc) is 2.47. The van der Waals surface area contributed by atoms with Gasteiger partial charge in [-0.25, -0.2) is 9.10 Å². The summed E-state index contributed by atoms with van der Waals surface area (Å²) in [5.74, 6) is 0. The maximum Gasteiger partial charge on any atom is 0.423 e. The predicted molar refractivity (Wildman–Crippen MR) is 42.3 cm³/mol. The Bertz CT molecular complexity index is 189. The molecule has 1 aliphatic rings. The number of hydrogen-bond acceptors (Lipinski definition) is 5. The molecule has 12 heavy (non-hydrogen) atoms. The van der Waals surface area contributed by atoms with Crippen molar-refractivity contribution in [3.8, 4) is 0 Å². The molecular formula is C5H11NO5S. The van der Waals surface area contributed by atoms with E-state index in [0.29, 0.717) is 0 Å². The van der Waals surface area contributed by atoms with Crippen molar-refractivity contribution in [3.63, 3.8) is 0 Å². The minimum Gasteiger partial charge on any atom is -0.452 e. The number of amides is 1. The minimum atomic E-state index is -2.84. The Hall–Kier alpha value is -0.500. The van der Waals surface area contributed by atoms with Crippen LogP contribution >= 0.6 is 11.1 Å². The van der Waals surface area contributed by atoms with Gasteiger partial charge in [0.25, 0.3) is 0 Å². The molecule has 1 atom stereocenters. The molecule has 6 nitrogen and oxygen atoms in total. The molecule has 1 heterocycles. The van der Waals surface area contributed by atoms with Crippen molar-refractivity contribution >= 4 is 17.1 Å². The third-order valence-corrected chi connectivity index (χ3v) is 3.20. The molecule has 7 heteroatoms. The highest BCUT2D eigenvalue weighted by Crippen LogP contribution is 2.52. The fraction of sp³-hybridized carbons (Fsp3) is 0.800. The van der Waals surface area contributed by atoms with Crippen LogP contribution in [0.4, 0.5) is 4.79 Å². The second-order valence-corrected chi connectivity index (χ2v) is 3.91. The van der Waals surface area contributed by atoms with Crippen LogP contribution in [0.2, 0.25) is 0 Å². The summed E-state index contributed by atoms with van der Waals surface area (Å²) in [6, 6.07) is 0. The summed E-state index contributed by atoms with van der Waals surface area (Å²) in [5, 5.41) is 0.